The van der Waals surface area contributed by atoms with Crippen LogP contribution >= 0.6 is 0 Å². The molecule has 0 atom stereocenters. The maximum absolute atomic E-state index is 12.2. The first kappa shape index (κ1) is 18.9. The van der Waals surface area contributed by atoms with Gasteiger partial charge in [-0.3, -0.25) is 9.59 Å². The van der Waals surface area contributed by atoms with Gasteiger partial charge in [0.15, 0.2) is 10.9 Å². The third kappa shape index (κ3) is 2.95. The first-order valence-corrected chi connectivity index (χ1v) is 7.37. The zero-order chi connectivity index (χ0) is 18.3. The molecule has 0 aliphatic rings. The van der Waals surface area contributed by atoms with Gasteiger partial charge in [-0.1, -0.05) is 13.3 Å². The van der Waals surface area contributed by atoms with Crippen LogP contribution in [0.25, 0.3) is 21.9 Å². The van der Waals surface area contributed by atoms with Crippen LogP contribution < -0.4 is 10.9 Å². The molecular formula is C17H14O9. The molecule has 0 fully saturated rings. The summed E-state index contributed by atoms with van der Waals surface area (Å²) in [4.78, 5) is 46.8. The van der Waals surface area contributed by atoms with Crippen molar-refractivity contribution in [3.8, 4) is 0 Å². The lowest BCUT2D eigenvalue weighted by Crippen LogP contribution is -2.11. The smallest absolute Gasteiger partial charge is 0.371 e. The lowest BCUT2D eigenvalue weighted by Gasteiger charge is -2.09. The molecule has 1 aromatic carbocycles. The number of hydrogen-bond donors (Lipinski definition) is 2. The van der Waals surface area contributed by atoms with Gasteiger partial charge in [0.2, 0.25) is 11.5 Å². The van der Waals surface area contributed by atoms with E-state index in [1.807, 2.05) is 6.92 Å². The molecule has 26 heavy (non-hydrogen) atoms. The Kier molecular flexibility index (Phi) is 4.94. The number of aromatic carboxylic acids is 2. The van der Waals surface area contributed by atoms with Gasteiger partial charge in [0.05, 0.1) is 10.8 Å². The van der Waals surface area contributed by atoms with Crippen LogP contribution in [0.5, 0.6) is 0 Å². The summed E-state index contributed by atoms with van der Waals surface area (Å²) >= 11 is 0. The fourth-order valence-corrected chi connectivity index (χ4v) is 2.66. The van der Waals surface area contributed by atoms with Crippen molar-refractivity contribution in [2.45, 2.75) is 19.8 Å². The normalized spacial score (nSPS) is 10.7. The van der Waals surface area contributed by atoms with Crippen LogP contribution in [0.3, 0.4) is 0 Å². The number of hydrogen-bond acceptors (Lipinski definition) is 6. The molecule has 0 saturated heterocycles. The van der Waals surface area contributed by atoms with Gasteiger partial charge in [0, 0.05) is 17.7 Å². The van der Waals surface area contributed by atoms with Gasteiger partial charge in [0.1, 0.15) is 11.2 Å². The second-order valence-corrected chi connectivity index (χ2v) is 5.42. The Morgan fingerprint density at radius 3 is 1.65 bits per heavy atom. The lowest BCUT2D eigenvalue weighted by molar-refractivity contribution is 0.0654. The lowest BCUT2D eigenvalue weighted by atomic mass is 10.0. The van der Waals surface area contributed by atoms with Crippen molar-refractivity contribution in [2.75, 3.05) is 0 Å². The molecule has 9 heteroatoms. The Morgan fingerprint density at radius 1 is 0.885 bits per heavy atom. The largest absolute Gasteiger partial charge is 0.475 e. The van der Waals surface area contributed by atoms with Crippen LogP contribution in [0.15, 0.2) is 36.6 Å². The van der Waals surface area contributed by atoms with E-state index in [1.165, 1.54) is 6.07 Å². The van der Waals surface area contributed by atoms with Crippen LogP contribution in [-0.2, 0) is 6.42 Å². The molecule has 2 aromatic heterocycles. The predicted octanol–water partition coefficient (Wildman–Crippen LogP) is 1.42. The summed E-state index contributed by atoms with van der Waals surface area (Å²) in [6, 6.07) is 2.90. The van der Waals surface area contributed by atoms with Crippen LogP contribution in [0.1, 0.15) is 40.0 Å². The Labute approximate surface area is 144 Å². The summed E-state index contributed by atoms with van der Waals surface area (Å²) in [5.41, 5.74) is -0.982. The predicted molar refractivity (Wildman–Crippen MR) is 90.1 cm³/mol. The van der Waals surface area contributed by atoms with Crippen molar-refractivity contribution in [3.63, 3.8) is 0 Å². The van der Waals surface area contributed by atoms with Crippen LogP contribution in [0.4, 0.5) is 0 Å². The first-order chi connectivity index (χ1) is 11.8. The minimum absolute atomic E-state index is 0. The van der Waals surface area contributed by atoms with E-state index in [1.54, 1.807) is 0 Å². The van der Waals surface area contributed by atoms with Gasteiger partial charge in [-0.2, -0.15) is 0 Å². The zero-order valence-electron chi connectivity index (χ0n) is 13.5. The Hall–Kier alpha value is -3.46. The fourth-order valence-electron chi connectivity index (χ4n) is 2.66. The zero-order valence-corrected chi connectivity index (χ0v) is 13.5. The standard InChI is InChI=1S/C17H12O8.H2O/c1-2-3-7-14-8(10(18)5-12(24-14)16(20)21)4-9-11(19)6-13(17(22)23)25-15(7)9;/h4-6H,2-3H2,1H3,(H,20,21)(H,22,23);1H2. The monoisotopic (exact) mass is 362 g/mol. The van der Waals surface area contributed by atoms with Crippen molar-refractivity contribution in [1.29, 1.82) is 0 Å². The summed E-state index contributed by atoms with van der Waals surface area (Å²) < 4.78 is 10.7. The van der Waals surface area contributed by atoms with E-state index >= 15 is 0 Å². The summed E-state index contributed by atoms with van der Waals surface area (Å²) in [6.45, 7) is 1.82. The third-order valence-electron chi connectivity index (χ3n) is 3.73. The highest BCUT2D eigenvalue weighted by molar-refractivity contribution is 5.99. The molecular weight excluding hydrogens is 348 g/mol. The van der Waals surface area contributed by atoms with E-state index in [9.17, 15) is 19.2 Å². The molecule has 2 heterocycles. The van der Waals surface area contributed by atoms with Gasteiger partial charge in [-0.15, -0.1) is 0 Å². The van der Waals surface area contributed by atoms with Crippen molar-refractivity contribution >= 4 is 33.9 Å². The van der Waals surface area contributed by atoms with Crippen molar-refractivity contribution in [1.82, 2.24) is 0 Å². The van der Waals surface area contributed by atoms with Crippen molar-refractivity contribution < 1.29 is 34.1 Å². The molecule has 0 bridgehead atoms. The van der Waals surface area contributed by atoms with E-state index in [-0.39, 0.29) is 33.0 Å². The number of aryl methyl sites for hydroxylation is 1. The van der Waals surface area contributed by atoms with Gasteiger partial charge >= 0.3 is 11.9 Å². The van der Waals surface area contributed by atoms with Crippen LogP contribution in [0, 0.1) is 0 Å². The van der Waals surface area contributed by atoms with Crippen molar-refractivity contribution in [3.05, 3.63) is 55.7 Å². The summed E-state index contributed by atoms with van der Waals surface area (Å²) in [7, 11) is 0. The molecule has 3 rings (SSSR count). The molecule has 136 valence electrons. The maximum Gasteiger partial charge on any atom is 0.371 e. The number of carboxylic acids is 2. The minimum Gasteiger partial charge on any atom is -0.475 e. The number of carboxylic acid groups (broad SMARTS) is 2. The second kappa shape index (κ2) is 6.81. The van der Waals surface area contributed by atoms with Crippen molar-refractivity contribution in [2.24, 2.45) is 0 Å². The minimum atomic E-state index is -1.41. The topological polar surface area (TPSA) is 167 Å². The fraction of sp³-hybridized carbons (Fsp3) is 0.176. The number of rotatable bonds is 4. The van der Waals surface area contributed by atoms with E-state index < -0.39 is 34.3 Å². The van der Waals surface area contributed by atoms with Gasteiger partial charge in [-0.25, -0.2) is 9.59 Å². The molecule has 0 radical (unpaired) electrons. The first-order valence-electron chi connectivity index (χ1n) is 7.37. The molecule has 0 aliphatic carbocycles. The van der Waals surface area contributed by atoms with E-state index in [0.717, 1.165) is 12.1 Å². The molecule has 3 aromatic rings. The number of fused-ring (bicyclic) bond motifs is 2. The van der Waals surface area contributed by atoms with E-state index in [4.69, 9.17) is 19.0 Å². The number of benzene rings is 1. The Balaban J connectivity index is 0.00000243. The molecule has 0 spiro atoms. The molecule has 9 nitrogen and oxygen atoms in total. The summed E-state index contributed by atoms with van der Waals surface area (Å²) in [6.07, 6.45) is 0.863. The highest BCUT2D eigenvalue weighted by Gasteiger charge is 2.20. The molecule has 0 unspecified atom stereocenters. The quantitative estimate of drug-likeness (QED) is 0.657. The van der Waals surface area contributed by atoms with Gasteiger partial charge < -0.3 is 24.5 Å². The average Bonchev–Trinajstić information content (AvgIpc) is 2.55. The van der Waals surface area contributed by atoms with Gasteiger partial charge in [-0.05, 0) is 12.5 Å². The molecule has 4 N–H and O–H groups in total. The SMILES string of the molecule is CCCc1c2oc(C(=O)O)cc(=O)c2cc2c(=O)cc(C(=O)O)oc12.O. The average molecular weight is 362 g/mol. The van der Waals surface area contributed by atoms with Crippen LogP contribution in [-0.4, -0.2) is 27.6 Å². The van der Waals surface area contributed by atoms with E-state index in [2.05, 4.69) is 0 Å². The summed E-state index contributed by atoms with van der Waals surface area (Å²) in [5.74, 6) is -3.93. The molecule has 0 saturated carbocycles. The highest BCUT2D eigenvalue weighted by Crippen LogP contribution is 2.28. The summed E-state index contributed by atoms with van der Waals surface area (Å²) in [5, 5.41) is 18.2. The molecule has 0 amide bonds. The van der Waals surface area contributed by atoms with E-state index in [0.29, 0.717) is 12.8 Å². The number of carbonyl (C=O) groups is 2. The molecule has 0 aliphatic heterocycles. The second-order valence-electron chi connectivity index (χ2n) is 5.42. The van der Waals surface area contributed by atoms with Crippen LogP contribution in [0.2, 0.25) is 0 Å². The maximum atomic E-state index is 12.2. The third-order valence-corrected chi connectivity index (χ3v) is 3.73. The van der Waals surface area contributed by atoms with Gasteiger partial charge in [0.25, 0.3) is 0 Å². The Morgan fingerprint density at radius 2 is 1.31 bits per heavy atom. The Bertz CT molecular complexity index is 1060. The highest BCUT2D eigenvalue weighted by atomic mass is 16.4.